The first-order valence-electron chi connectivity index (χ1n) is 4.93. The number of aromatic nitrogens is 3. The molecule has 80 valence electrons. The Morgan fingerprint density at radius 1 is 1.13 bits per heavy atom. The van der Waals surface area contributed by atoms with Gasteiger partial charge in [0.15, 0.2) is 5.65 Å². The van der Waals surface area contributed by atoms with Gasteiger partial charge >= 0.3 is 0 Å². The highest BCUT2D eigenvalue weighted by Crippen LogP contribution is 2.13. The van der Waals surface area contributed by atoms with E-state index in [1.807, 2.05) is 20.8 Å². The van der Waals surface area contributed by atoms with Crippen LogP contribution >= 0.6 is 0 Å². The number of hydrogen-bond donors (Lipinski definition) is 0. The van der Waals surface area contributed by atoms with E-state index in [-0.39, 0.29) is 5.82 Å². The lowest BCUT2D eigenvalue weighted by atomic mass is 10.2. The second-order valence-electron chi connectivity index (χ2n) is 2.88. The molecule has 0 aliphatic heterocycles. The van der Waals surface area contributed by atoms with Crippen molar-refractivity contribution in [3.63, 3.8) is 0 Å². The van der Waals surface area contributed by atoms with Gasteiger partial charge in [0, 0.05) is 5.39 Å². The number of halogens is 1. The lowest BCUT2D eigenvalue weighted by molar-refractivity contribution is 0.623. The van der Waals surface area contributed by atoms with Crippen molar-refractivity contribution < 1.29 is 4.39 Å². The van der Waals surface area contributed by atoms with E-state index in [0.717, 1.165) is 11.9 Å². The van der Waals surface area contributed by atoms with Crippen LogP contribution in [-0.2, 0) is 0 Å². The van der Waals surface area contributed by atoms with Gasteiger partial charge in [-0.3, -0.25) is 0 Å². The minimum atomic E-state index is -0.358. The zero-order chi connectivity index (χ0) is 11.4. The highest BCUT2D eigenvalue weighted by atomic mass is 19.1. The Bertz CT molecular complexity index is 469. The fourth-order valence-corrected chi connectivity index (χ4v) is 1.27. The van der Waals surface area contributed by atoms with Crippen molar-refractivity contribution in [3.8, 4) is 0 Å². The van der Waals surface area contributed by atoms with Crippen molar-refractivity contribution in [1.29, 1.82) is 0 Å². The van der Waals surface area contributed by atoms with Gasteiger partial charge < -0.3 is 0 Å². The van der Waals surface area contributed by atoms with Gasteiger partial charge in [-0.25, -0.2) is 19.3 Å². The molecule has 0 radical (unpaired) electrons. The van der Waals surface area contributed by atoms with Gasteiger partial charge in [0.05, 0.1) is 11.9 Å². The van der Waals surface area contributed by atoms with Crippen LogP contribution in [0.5, 0.6) is 0 Å². The van der Waals surface area contributed by atoms with Crippen molar-refractivity contribution in [3.05, 3.63) is 29.6 Å². The van der Waals surface area contributed by atoms with E-state index < -0.39 is 0 Å². The molecular formula is C11H14FN3. The first-order chi connectivity index (χ1) is 7.16. The van der Waals surface area contributed by atoms with E-state index in [9.17, 15) is 4.39 Å². The smallest absolute Gasteiger partial charge is 0.163 e. The molecule has 15 heavy (non-hydrogen) atoms. The SMILES string of the molecule is CC.Cc1nc(C)c2cc(F)cnc2n1. The van der Waals surface area contributed by atoms with E-state index in [1.54, 1.807) is 6.92 Å². The summed E-state index contributed by atoms with van der Waals surface area (Å²) in [5.41, 5.74) is 1.31. The second-order valence-corrected chi connectivity index (χ2v) is 2.88. The number of fused-ring (bicyclic) bond motifs is 1. The Morgan fingerprint density at radius 3 is 2.47 bits per heavy atom. The number of nitrogens with zero attached hydrogens (tertiary/aromatic N) is 3. The maximum atomic E-state index is 12.8. The largest absolute Gasteiger partial charge is 0.238 e. The van der Waals surface area contributed by atoms with Crippen molar-refractivity contribution in [2.75, 3.05) is 0 Å². The molecule has 0 amide bonds. The summed E-state index contributed by atoms with van der Waals surface area (Å²) >= 11 is 0. The molecule has 0 aliphatic rings. The Hall–Kier alpha value is -1.58. The minimum absolute atomic E-state index is 0.358. The molecule has 3 nitrogen and oxygen atoms in total. The Kier molecular flexibility index (Phi) is 3.66. The molecular weight excluding hydrogens is 193 g/mol. The lowest BCUT2D eigenvalue weighted by Gasteiger charge is -2.00. The van der Waals surface area contributed by atoms with Crippen LogP contribution in [-0.4, -0.2) is 15.0 Å². The third kappa shape index (κ3) is 2.46. The van der Waals surface area contributed by atoms with Gasteiger partial charge in [-0.2, -0.15) is 0 Å². The summed E-state index contributed by atoms with van der Waals surface area (Å²) in [6, 6.07) is 1.40. The summed E-state index contributed by atoms with van der Waals surface area (Å²) in [5, 5.41) is 0.672. The van der Waals surface area contributed by atoms with Crippen molar-refractivity contribution >= 4 is 11.0 Å². The molecule has 0 spiro atoms. The minimum Gasteiger partial charge on any atom is -0.238 e. The van der Waals surface area contributed by atoms with Crippen LogP contribution in [0.4, 0.5) is 4.39 Å². The average molecular weight is 207 g/mol. The molecule has 0 atom stereocenters. The van der Waals surface area contributed by atoms with Crippen LogP contribution in [0.3, 0.4) is 0 Å². The number of hydrogen-bond acceptors (Lipinski definition) is 3. The van der Waals surface area contributed by atoms with Gasteiger partial charge in [0.1, 0.15) is 11.6 Å². The van der Waals surface area contributed by atoms with Crippen LogP contribution in [0.25, 0.3) is 11.0 Å². The van der Waals surface area contributed by atoms with Crippen molar-refractivity contribution in [2.24, 2.45) is 0 Å². The van der Waals surface area contributed by atoms with Gasteiger partial charge in [-0.05, 0) is 19.9 Å². The van der Waals surface area contributed by atoms with E-state index in [1.165, 1.54) is 6.07 Å². The van der Waals surface area contributed by atoms with E-state index in [4.69, 9.17) is 0 Å². The van der Waals surface area contributed by atoms with Crippen LogP contribution in [0.2, 0.25) is 0 Å². The standard InChI is InChI=1S/C9H8FN3.C2H6/c1-5-8-3-7(10)4-11-9(8)13-6(2)12-5;1-2/h3-4H,1-2H3;1-2H3. The molecule has 2 aromatic heterocycles. The fourth-order valence-electron chi connectivity index (χ4n) is 1.27. The first-order valence-corrected chi connectivity index (χ1v) is 4.93. The van der Waals surface area contributed by atoms with Gasteiger partial charge in [0.25, 0.3) is 0 Å². The quantitative estimate of drug-likeness (QED) is 0.666. The third-order valence-corrected chi connectivity index (χ3v) is 1.82. The topological polar surface area (TPSA) is 38.7 Å². The number of aryl methyl sites for hydroxylation is 2. The average Bonchev–Trinajstić information content (AvgIpc) is 2.22. The molecule has 2 rings (SSSR count). The third-order valence-electron chi connectivity index (χ3n) is 1.82. The normalized spacial score (nSPS) is 9.67. The molecule has 0 saturated heterocycles. The summed E-state index contributed by atoms with van der Waals surface area (Å²) in [4.78, 5) is 12.1. The van der Waals surface area contributed by atoms with Gasteiger partial charge in [-0.15, -0.1) is 0 Å². The molecule has 2 heterocycles. The van der Waals surface area contributed by atoms with Crippen LogP contribution < -0.4 is 0 Å². The maximum Gasteiger partial charge on any atom is 0.163 e. The molecule has 0 saturated carbocycles. The number of rotatable bonds is 0. The highest BCUT2D eigenvalue weighted by molar-refractivity contribution is 5.76. The molecule has 0 fully saturated rings. The summed E-state index contributed by atoms with van der Waals surface area (Å²) < 4.78 is 12.8. The summed E-state index contributed by atoms with van der Waals surface area (Å²) in [6.07, 6.45) is 1.16. The van der Waals surface area contributed by atoms with E-state index >= 15 is 0 Å². The maximum absolute atomic E-state index is 12.8. The predicted octanol–water partition coefficient (Wildman–Crippen LogP) is 2.81. The molecule has 0 bridgehead atoms. The molecule has 0 unspecified atom stereocenters. The summed E-state index contributed by atoms with van der Waals surface area (Å²) in [6.45, 7) is 7.61. The number of pyridine rings is 1. The molecule has 0 aliphatic carbocycles. The highest BCUT2D eigenvalue weighted by Gasteiger charge is 2.03. The van der Waals surface area contributed by atoms with Crippen LogP contribution in [0.15, 0.2) is 12.3 Å². The predicted molar refractivity (Wildman–Crippen MR) is 58.1 cm³/mol. The monoisotopic (exact) mass is 207 g/mol. The zero-order valence-corrected chi connectivity index (χ0v) is 9.37. The van der Waals surface area contributed by atoms with Crippen molar-refractivity contribution in [1.82, 2.24) is 15.0 Å². The van der Waals surface area contributed by atoms with Crippen LogP contribution in [0.1, 0.15) is 25.4 Å². The Balaban J connectivity index is 0.000000531. The summed E-state index contributed by atoms with van der Waals surface area (Å²) in [5.74, 6) is 0.298. The van der Waals surface area contributed by atoms with E-state index in [2.05, 4.69) is 15.0 Å². The Morgan fingerprint density at radius 2 is 1.80 bits per heavy atom. The zero-order valence-electron chi connectivity index (χ0n) is 9.37. The van der Waals surface area contributed by atoms with Gasteiger partial charge in [0.2, 0.25) is 0 Å². The molecule has 0 N–H and O–H groups in total. The fraction of sp³-hybridized carbons (Fsp3) is 0.364. The summed E-state index contributed by atoms with van der Waals surface area (Å²) in [7, 11) is 0. The second kappa shape index (κ2) is 4.77. The van der Waals surface area contributed by atoms with Crippen LogP contribution in [0, 0.1) is 19.7 Å². The lowest BCUT2D eigenvalue weighted by Crippen LogP contribution is -1.95. The van der Waals surface area contributed by atoms with Crippen molar-refractivity contribution in [2.45, 2.75) is 27.7 Å². The molecule has 4 heteroatoms. The molecule has 2 aromatic rings. The first kappa shape index (κ1) is 11.5. The van der Waals surface area contributed by atoms with E-state index in [0.29, 0.717) is 16.9 Å². The Labute approximate surface area is 88.4 Å². The van der Waals surface area contributed by atoms with Gasteiger partial charge in [-0.1, -0.05) is 13.8 Å². The molecule has 0 aromatic carbocycles.